The predicted molar refractivity (Wildman–Crippen MR) is 38.7 cm³/mol. The average molecular weight is 124 g/mol. The highest BCUT2D eigenvalue weighted by Crippen LogP contribution is 2.27. The highest BCUT2D eigenvalue weighted by molar-refractivity contribution is 5.89. The molecule has 0 aromatic carbocycles. The fourth-order valence-corrected chi connectivity index (χ4v) is 0.648. The van der Waals surface area contributed by atoms with Crippen molar-refractivity contribution in [2.45, 2.75) is 12.8 Å². The fraction of sp³-hybridized carbons (Fsp3) is 0.571. The Morgan fingerprint density at radius 2 is 2.44 bits per heavy atom. The van der Waals surface area contributed by atoms with E-state index in [-0.39, 0.29) is 0 Å². The van der Waals surface area contributed by atoms with Crippen molar-refractivity contribution in [1.29, 1.82) is 5.41 Å². The predicted octanol–water partition coefficient (Wildman–Crippen LogP) is 1.15. The molecular weight excluding hydrogens is 112 g/mol. The first-order valence-electron chi connectivity index (χ1n) is 3.28. The van der Waals surface area contributed by atoms with E-state index in [0.717, 1.165) is 12.5 Å². The Labute approximate surface area is 55.5 Å². The first-order valence-corrected chi connectivity index (χ1v) is 3.28. The number of amidine groups is 1. The maximum absolute atomic E-state index is 7.13. The lowest BCUT2D eigenvalue weighted by Gasteiger charge is -1.99. The van der Waals surface area contributed by atoms with E-state index in [4.69, 9.17) is 5.41 Å². The monoisotopic (exact) mass is 124 g/mol. The Balaban J connectivity index is 2.02. The number of rotatable bonds is 3. The molecule has 1 fully saturated rings. The highest BCUT2D eigenvalue weighted by atomic mass is 14.9. The molecule has 2 nitrogen and oxygen atoms in total. The van der Waals surface area contributed by atoms with Gasteiger partial charge in [0.25, 0.3) is 0 Å². The third-order valence-corrected chi connectivity index (χ3v) is 1.48. The van der Waals surface area contributed by atoms with Crippen LogP contribution in [0.25, 0.3) is 0 Å². The summed E-state index contributed by atoms with van der Waals surface area (Å²) in [6.45, 7) is 4.44. The van der Waals surface area contributed by atoms with Crippen LogP contribution in [0.1, 0.15) is 12.8 Å². The van der Waals surface area contributed by atoms with Crippen LogP contribution in [0.3, 0.4) is 0 Å². The van der Waals surface area contributed by atoms with E-state index < -0.39 is 0 Å². The molecule has 0 aromatic rings. The van der Waals surface area contributed by atoms with Gasteiger partial charge in [-0.1, -0.05) is 6.58 Å². The third kappa shape index (κ3) is 2.31. The Hall–Kier alpha value is -0.790. The summed E-state index contributed by atoms with van der Waals surface area (Å²) >= 11 is 0. The molecule has 0 spiro atoms. The van der Waals surface area contributed by atoms with Gasteiger partial charge in [-0.2, -0.15) is 0 Å². The smallest absolute Gasteiger partial charge is 0.117 e. The van der Waals surface area contributed by atoms with Crippen LogP contribution in [0, 0.1) is 11.3 Å². The van der Waals surface area contributed by atoms with E-state index in [0.29, 0.717) is 5.84 Å². The quantitative estimate of drug-likeness (QED) is 0.429. The number of hydrogen-bond donors (Lipinski definition) is 2. The molecule has 2 heteroatoms. The SMILES string of the molecule is C=CC(=N)NCC1CC1. The summed E-state index contributed by atoms with van der Waals surface area (Å²) < 4.78 is 0. The Kier molecular flexibility index (Phi) is 1.88. The summed E-state index contributed by atoms with van der Waals surface area (Å²) in [6, 6.07) is 0. The van der Waals surface area contributed by atoms with Gasteiger partial charge in [-0.05, 0) is 24.8 Å². The van der Waals surface area contributed by atoms with Crippen molar-refractivity contribution >= 4 is 5.84 Å². The normalized spacial score (nSPS) is 16.9. The molecule has 0 heterocycles. The molecule has 0 bridgehead atoms. The number of nitrogens with one attached hydrogen (secondary N) is 2. The topological polar surface area (TPSA) is 35.9 Å². The second-order valence-electron chi connectivity index (χ2n) is 2.44. The molecule has 1 saturated carbocycles. The van der Waals surface area contributed by atoms with E-state index in [1.165, 1.54) is 18.9 Å². The molecule has 0 radical (unpaired) electrons. The molecule has 1 rings (SSSR count). The molecule has 50 valence electrons. The lowest BCUT2D eigenvalue weighted by Crippen LogP contribution is -2.22. The van der Waals surface area contributed by atoms with Crippen molar-refractivity contribution in [2.75, 3.05) is 6.54 Å². The molecule has 0 atom stereocenters. The molecule has 0 aliphatic heterocycles. The molecule has 1 aliphatic carbocycles. The van der Waals surface area contributed by atoms with Crippen LogP contribution >= 0.6 is 0 Å². The minimum atomic E-state index is 0.446. The second-order valence-corrected chi connectivity index (χ2v) is 2.44. The molecular formula is C7H12N2. The molecule has 9 heavy (non-hydrogen) atoms. The summed E-state index contributed by atoms with van der Waals surface area (Å²) in [6.07, 6.45) is 4.19. The van der Waals surface area contributed by atoms with Gasteiger partial charge in [0.2, 0.25) is 0 Å². The lowest BCUT2D eigenvalue weighted by atomic mass is 10.4. The van der Waals surface area contributed by atoms with Crippen molar-refractivity contribution in [1.82, 2.24) is 5.32 Å². The van der Waals surface area contributed by atoms with Crippen molar-refractivity contribution < 1.29 is 0 Å². The zero-order chi connectivity index (χ0) is 6.69. The van der Waals surface area contributed by atoms with Gasteiger partial charge in [-0.25, -0.2) is 0 Å². The Morgan fingerprint density at radius 3 is 2.89 bits per heavy atom. The largest absolute Gasteiger partial charge is 0.370 e. The van der Waals surface area contributed by atoms with Crippen LogP contribution < -0.4 is 5.32 Å². The summed E-state index contributed by atoms with van der Waals surface area (Å²) in [7, 11) is 0. The maximum atomic E-state index is 7.13. The lowest BCUT2D eigenvalue weighted by molar-refractivity contribution is 0.772. The van der Waals surface area contributed by atoms with Crippen LogP contribution in [-0.4, -0.2) is 12.4 Å². The van der Waals surface area contributed by atoms with Crippen LogP contribution in [0.15, 0.2) is 12.7 Å². The van der Waals surface area contributed by atoms with E-state index in [1.807, 2.05) is 0 Å². The van der Waals surface area contributed by atoms with Crippen LogP contribution in [0.5, 0.6) is 0 Å². The average Bonchev–Trinajstić information content (AvgIpc) is 2.65. The summed E-state index contributed by atoms with van der Waals surface area (Å²) in [5, 5.41) is 10.1. The van der Waals surface area contributed by atoms with Gasteiger partial charge in [0, 0.05) is 6.54 Å². The molecule has 2 N–H and O–H groups in total. The first-order chi connectivity index (χ1) is 4.33. The number of hydrogen-bond acceptors (Lipinski definition) is 1. The summed E-state index contributed by atoms with van der Waals surface area (Å²) in [5.74, 6) is 1.28. The van der Waals surface area contributed by atoms with Gasteiger partial charge in [-0.3, -0.25) is 5.41 Å². The van der Waals surface area contributed by atoms with Crippen molar-refractivity contribution in [3.63, 3.8) is 0 Å². The zero-order valence-corrected chi connectivity index (χ0v) is 5.48. The zero-order valence-electron chi connectivity index (χ0n) is 5.48. The molecule has 0 saturated heterocycles. The van der Waals surface area contributed by atoms with Gasteiger partial charge < -0.3 is 5.32 Å². The molecule has 1 aliphatic rings. The van der Waals surface area contributed by atoms with Gasteiger partial charge in [0.15, 0.2) is 0 Å². The Bertz CT molecular complexity index is 125. The third-order valence-electron chi connectivity index (χ3n) is 1.48. The van der Waals surface area contributed by atoms with Gasteiger partial charge >= 0.3 is 0 Å². The van der Waals surface area contributed by atoms with Crippen molar-refractivity contribution in [3.05, 3.63) is 12.7 Å². The van der Waals surface area contributed by atoms with Gasteiger partial charge in [-0.15, -0.1) is 0 Å². The van der Waals surface area contributed by atoms with E-state index in [1.54, 1.807) is 0 Å². The van der Waals surface area contributed by atoms with E-state index in [9.17, 15) is 0 Å². The fourth-order valence-electron chi connectivity index (χ4n) is 0.648. The molecule has 0 unspecified atom stereocenters. The van der Waals surface area contributed by atoms with Gasteiger partial charge in [0.05, 0.1) is 0 Å². The summed E-state index contributed by atoms with van der Waals surface area (Å²) in [5.41, 5.74) is 0. The van der Waals surface area contributed by atoms with Crippen molar-refractivity contribution in [2.24, 2.45) is 5.92 Å². The standard InChI is InChI=1S/C7H12N2/c1-2-7(8)9-5-6-3-4-6/h2,6H,1,3-5H2,(H2,8,9). The van der Waals surface area contributed by atoms with Crippen LogP contribution in [-0.2, 0) is 0 Å². The maximum Gasteiger partial charge on any atom is 0.117 e. The minimum absolute atomic E-state index is 0.446. The minimum Gasteiger partial charge on any atom is -0.370 e. The second kappa shape index (κ2) is 2.67. The first kappa shape index (κ1) is 6.33. The highest BCUT2D eigenvalue weighted by Gasteiger charge is 2.20. The Morgan fingerprint density at radius 1 is 1.78 bits per heavy atom. The van der Waals surface area contributed by atoms with Crippen LogP contribution in [0.4, 0.5) is 0 Å². The van der Waals surface area contributed by atoms with Gasteiger partial charge in [0.1, 0.15) is 5.84 Å². The van der Waals surface area contributed by atoms with Crippen LogP contribution in [0.2, 0.25) is 0 Å². The summed E-state index contributed by atoms with van der Waals surface area (Å²) in [4.78, 5) is 0. The molecule has 0 aromatic heterocycles. The molecule has 0 amide bonds. The van der Waals surface area contributed by atoms with Crippen molar-refractivity contribution in [3.8, 4) is 0 Å². The van der Waals surface area contributed by atoms with E-state index in [2.05, 4.69) is 11.9 Å². The van der Waals surface area contributed by atoms with E-state index >= 15 is 0 Å².